The minimum atomic E-state index is -0.468. The molecule has 0 aliphatic heterocycles. The first-order valence-corrected chi connectivity index (χ1v) is 6.98. The average Bonchev–Trinajstić information content (AvgIpc) is 2.49. The van der Waals surface area contributed by atoms with E-state index in [9.17, 15) is 4.39 Å². The quantitative estimate of drug-likeness (QED) is 0.479. The lowest BCUT2D eigenvalue weighted by molar-refractivity contribution is 0.622. The van der Waals surface area contributed by atoms with Crippen molar-refractivity contribution in [2.75, 3.05) is 0 Å². The van der Waals surface area contributed by atoms with Crippen LogP contribution in [0.1, 0.15) is 30.0 Å². The number of isothiocyanates is 1. The molecule has 0 atom stereocenters. The number of rotatable bonds is 3. The predicted octanol–water partition coefficient (Wildman–Crippen LogP) is 4.31. The van der Waals surface area contributed by atoms with Crippen LogP contribution in [0.2, 0.25) is 0 Å². The van der Waals surface area contributed by atoms with Gasteiger partial charge in [0.15, 0.2) is 5.82 Å². The number of hydrogen-bond donors (Lipinski definition) is 0. The monoisotopic (exact) mass is 296 g/mol. The maximum atomic E-state index is 13.8. The molecule has 0 amide bonds. The van der Waals surface area contributed by atoms with Gasteiger partial charge in [-0.2, -0.15) is 4.99 Å². The number of halogens is 1. The molecule has 21 heavy (non-hydrogen) atoms. The molecule has 2 nitrogen and oxygen atoms in total. The molecular formula is C17H13FN2S. The van der Waals surface area contributed by atoms with E-state index in [4.69, 9.17) is 0 Å². The highest BCUT2D eigenvalue weighted by Crippen LogP contribution is 2.12. The molecule has 0 fully saturated rings. The zero-order chi connectivity index (χ0) is 15.1. The molecule has 0 radical (unpaired) electrons. The number of hydrogen-bond acceptors (Lipinski definition) is 3. The smallest absolute Gasteiger partial charge is 0.165 e. The number of thiocarbonyl (C=S) groups is 1. The van der Waals surface area contributed by atoms with Crippen LogP contribution in [0.3, 0.4) is 0 Å². The second-order valence-corrected chi connectivity index (χ2v) is 4.60. The van der Waals surface area contributed by atoms with E-state index < -0.39 is 5.82 Å². The lowest BCUT2D eigenvalue weighted by atomic mass is 10.1. The van der Waals surface area contributed by atoms with E-state index in [0.717, 1.165) is 18.4 Å². The normalized spacial score (nSPS) is 9.43. The lowest BCUT2D eigenvalue weighted by Crippen LogP contribution is -1.87. The van der Waals surface area contributed by atoms with Crippen molar-refractivity contribution in [3.63, 3.8) is 0 Å². The van der Waals surface area contributed by atoms with Gasteiger partial charge in [-0.3, -0.25) is 0 Å². The van der Waals surface area contributed by atoms with Gasteiger partial charge in [0.1, 0.15) is 5.82 Å². The molecular weight excluding hydrogens is 283 g/mol. The van der Waals surface area contributed by atoms with E-state index in [1.54, 1.807) is 0 Å². The zero-order valence-electron chi connectivity index (χ0n) is 11.6. The third kappa shape index (κ3) is 4.32. The van der Waals surface area contributed by atoms with Gasteiger partial charge in [-0.05, 0) is 36.3 Å². The molecule has 0 saturated carbocycles. The molecule has 1 aromatic carbocycles. The summed E-state index contributed by atoms with van der Waals surface area (Å²) in [6.45, 7) is 2.14. The van der Waals surface area contributed by atoms with Crippen LogP contribution < -0.4 is 0 Å². The van der Waals surface area contributed by atoms with E-state index in [0.29, 0.717) is 0 Å². The summed E-state index contributed by atoms with van der Waals surface area (Å²) < 4.78 is 13.8. The third-order valence-corrected chi connectivity index (χ3v) is 2.92. The van der Waals surface area contributed by atoms with Gasteiger partial charge in [0, 0.05) is 17.8 Å². The molecule has 2 aromatic rings. The Balaban J connectivity index is 2.20. The molecule has 2 rings (SSSR count). The van der Waals surface area contributed by atoms with E-state index >= 15 is 0 Å². The summed E-state index contributed by atoms with van der Waals surface area (Å²) in [5.74, 6) is 5.42. The van der Waals surface area contributed by atoms with Gasteiger partial charge in [-0.15, -0.1) is 0 Å². The second kappa shape index (κ2) is 7.44. The van der Waals surface area contributed by atoms with E-state index in [-0.39, 0.29) is 11.4 Å². The SMILES string of the molecule is CCCc1ccc(C#Cc2cnc(N=C=S)cc2F)cc1. The van der Waals surface area contributed by atoms with Crippen LogP contribution in [0, 0.1) is 17.7 Å². The zero-order valence-corrected chi connectivity index (χ0v) is 12.4. The van der Waals surface area contributed by atoms with Crippen molar-refractivity contribution in [3.8, 4) is 11.8 Å². The number of nitrogens with zero attached hydrogens (tertiary/aromatic N) is 2. The minimum absolute atomic E-state index is 0.192. The van der Waals surface area contributed by atoms with E-state index in [1.165, 1.54) is 17.8 Å². The molecule has 0 aliphatic rings. The summed E-state index contributed by atoms with van der Waals surface area (Å²) in [6, 6.07) is 9.15. The number of benzene rings is 1. The van der Waals surface area contributed by atoms with Crippen LogP contribution in [-0.4, -0.2) is 10.1 Å². The third-order valence-electron chi connectivity index (χ3n) is 2.83. The fourth-order valence-corrected chi connectivity index (χ4v) is 1.90. The molecule has 0 N–H and O–H groups in total. The van der Waals surface area contributed by atoms with E-state index in [2.05, 4.69) is 46.1 Å². The number of aryl methyl sites for hydroxylation is 1. The molecule has 104 valence electrons. The Morgan fingerprint density at radius 3 is 2.62 bits per heavy atom. The lowest BCUT2D eigenvalue weighted by Gasteiger charge is -1.98. The van der Waals surface area contributed by atoms with Gasteiger partial charge >= 0.3 is 0 Å². The van der Waals surface area contributed by atoms with Crippen molar-refractivity contribution in [3.05, 3.63) is 59.0 Å². The fraction of sp³-hybridized carbons (Fsp3) is 0.176. The Labute approximate surface area is 128 Å². The molecule has 0 aliphatic carbocycles. The summed E-state index contributed by atoms with van der Waals surface area (Å²) >= 11 is 4.45. The van der Waals surface area contributed by atoms with Crippen LogP contribution in [0.5, 0.6) is 0 Å². The highest BCUT2D eigenvalue weighted by Gasteiger charge is 2.01. The fourth-order valence-electron chi connectivity index (χ4n) is 1.80. The highest BCUT2D eigenvalue weighted by molar-refractivity contribution is 7.78. The first kappa shape index (κ1) is 15.1. The minimum Gasteiger partial charge on any atom is -0.235 e. The van der Waals surface area contributed by atoms with Gasteiger partial charge in [-0.25, -0.2) is 9.37 Å². The maximum absolute atomic E-state index is 13.8. The van der Waals surface area contributed by atoms with Crippen LogP contribution in [0.15, 0.2) is 41.5 Å². The summed E-state index contributed by atoms with van der Waals surface area (Å²) in [6.07, 6.45) is 3.51. The molecule has 0 spiro atoms. The number of aliphatic imine (C=N–C) groups is 1. The Morgan fingerprint density at radius 2 is 2.00 bits per heavy atom. The standard InChI is InChI=1S/C17H13FN2S/c1-2-3-13-4-6-14(7-5-13)8-9-15-11-19-17(20-12-21)10-16(15)18/h4-7,10-11H,2-3H2,1H3. The first-order valence-electron chi connectivity index (χ1n) is 6.57. The van der Waals surface area contributed by atoms with Gasteiger partial charge in [-0.1, -0.05) is 37.3 Å². The van der Waals surface area contributed by atoms with Gasteiger partial charge in [0.05, 0.1) is 10.7 Å². The summed E-state index contributed by atoms with van der Waals surface area (Å²) in [5.41, 5.74) is 2.35. The van der Waals surface area contributed by atoms with Crippen molar-refractivity contribution in [1.82, 2.24) is 4.98 Å². The Hall–Kier alpha value is -2.34. The summed E-state index contributed by atoms with van der Waals surface area (Å²) in [4.78, 5) is 7.56. The molecule has 1 heterocycles. The Kier molecular flexibility index (Phi) is 5.34. The van der Waals surface area contributed by atoms with Crippen LogP contribution in [-0.2, 0) is 6.42 Å². The van der Waals surface area contributed by atoms with Crippen molar-refractivity contribution in [2.24, 2.45) is 4.99 Å². The van der Waals surface area contributed by atoms with Crippen molar-refractivity contribution in [1.29, 1.82) is 0 Å². The van der Waals surface area contributed by atoms with Gasteiger partial charge < -0.3 is 0 Å². The van der Waals surface area contributed by atoms with Crippen molar-refractivity contribution >= 4 is 23.2 Å². The largest absolute Gasteiger partial charge is 0.235 e. The summed E-state index contributed by atoms with van der Waals surface area (Å²) in [7, 11) is 0. The Bertz CT molecular complexity index is 736. The second-order valence-electron chi connectivity index (χ2n) is 4.42. The molecule has 0 bridgehead atoms. The predicted molar refractivity (Wildman–Crippen MR) is 85.3 cm³/mol. The van der Waals surface area contributed by atoms with Crippen molar-refractivity contribution < 1.29 is 4.39 Å². The number of aromatic nitrogens is 1. The molecule has 1 aromatic heterocycles. The molecule has 4 heteroatoms. The molecule has 0 unspecified atom stereocenters. The van der Waals surface area contributed by atoms with Crippen LogP contribution in [0.25, 0.3) is 0 Å². The average molecular weight is 296 g/mol. The maximum Gasteiger partial charge on any atom is 0.165 e. The van der Waals surface area contributed by atoms with Crippen LogP contribution in [0.4, 0.5) is 10.2 Å². The van der Waals surface area contributed by atoms with Crippen LogP contribution >= 0.6 is 12.2 Å². The van der Waals surface area contributed by atoms with E-state index in [1.807, 2.05) is 24.3 Å². The summed E-state index contributed by atoms with van der Waals surface area (Å²) in [5, 5.41) is 2.15. The van der Waals surface area contributed by atoms with Crippen molar-refractivity contribution in [2.45, 2.75) is 19.8 Å². The van der Waals surface area contributed by atoms with Gasteiger partial charge in [0.2, 0.25) is 0 Å². The first-order chi connectivity index (χ1) is 10.2. The number of pyridine rings is 1. The van der Waals surface area contributed by atoms with Gasteiger partial charge in [0.25, 0.3) is 0 Å². The topological polar surface area (TPSA) is 25.2 Å². The molecule has 0 saturated heterocycles. The highest BCUT2D eigenvalue weighted by atomic mass is 32.1. The Morgan fingerprint density at radius 1 is 1.24 bits per heavy atom.